The van der Waals surface area contributed by atoms with Gasteiger partial charge in [0.2, 0.25) is 0 Å². The summed E-state index contributed by atoms with van der Waals surface area (Å²) in [5.41, 5.74) is 2.67. The summed E-state index contributed by atoms with van der Waals surface area (Å²) >= 11 is 0. The van der Waals surface area contributed by atoms with Gasteiger partial charge in [0.25, 0.3) is 0 Å². The molecule has 2 aromatic carbocycles. The molecule has 0 heterocycles. The van der Waals surface area contributed by atoms with Crippen molar-refractivity contribution in [1.82, 2.24) is 0 Å². The van der Waals surface area contributed by atoms with Gasteiger partial charge < -0.3 is 10.2 Å². The number of rotatable bonds is 14. The van der Waals surface area contributed by atoms with Crippen LogP contribution in [0.3, 0.4) is 0 Å². The predicted molar refractivity (Wildman–Crippen MR) is 136 cm³/mol. The summed E-state index contributed by atoms with van der Waals surface area (Å²) in [4.78, 5) is 0. The van der Waals surface area contributed by atoms with Crippen LogP contribution < -0.4 is 0 Å². The van der Waals surface area contributed by atoms with Crippen LogP contribution >= 0.6 is 0 Å². The molecule has 4 radical (unpaired) electrons. The molecule has 2 N–H and O–H groups in total. The SMILES string of the molecule is CCCCCCCCc1ccc(O)cc1.CCCCCCCCc1ccc(O)cc1.[Pb]. The number of unbranched alkanes of at least 4 members (excludes halogenated alkanes) is 10. The van der Waals surface area contributed by atoms with E-state index >= 15 is 0 Å². The van der Waals surface area contributed by atoms with Crippen molar-refractivity contribution in [2.75, 3.05) is 0 Å². The first kappa shape index (κ1) is 30.0. The average molecular weight is 620 g/mol. The Morgan fingerprint density at radius 1 is 0.452 bits per heavy atom. The molecule has 0 aliphatic carbocycles. The molecule has 2 aromatic rings. The molecule has 0 saturated heterocycles. The number of benzene rings is 2. The van der Waals surface area contributed by atoms with Gasteiger partial charge >= 0.3 is 0 Å². The number of hydrogen-bond acceptors (Lipinski definition) is 2. The van der Waals surface area contributed by atoms with Crippen molar-refractivity contribution >= 4 is 27.3 Å². The van der Waals surface area contributed by atoms with Crippen LogP contribution in [0.5, 0.6) is 11.5 Å². The van der Waals surface area contributed by atoms with E-state index in [1.165, 1.54) is 88.2 Å². The first-order chi connectivity index (χ1) is 14.7. The van der Waals surface area contributed by atoms with Crippen molar-refractivity contribution in [3.05, 3.63) is 59.7 Å². The quantitative estimate of drug-likeness (QED) is 0.165. The van der Waals surface area contributed by atoms with Crippen LogP contribution in [0.25, 0.3) is 0 Å². The third kappa shape index (κ3) is 17.2. The Bertz CT molecular complexity index is 565. The Morgan fingerprint density at radius 2 is 0.742 bits per heavy atom. The van der Waals surface area contributed by atoms with E-state index in [1.807, 2.05) is 24.3 Å². The molecule has 0 fully saturated rings. The minimum Gasteiger partial charge on any atom is -0.508 e. The Balaban J connectivity index is 0.000000562. The molecule has 0 aliphatic heterocycles. The predicted octanol–water partition coefficient (Wildman–Crippen LogP) is 8.21. The Morgan fingerprint density at radius 3 is 1.06 bits per heavy atom. The normalized spacial score (nSPS) is 10.1. The van der Waals surface area contributed by atoms with E-state index in [0.717, 1.165) is 12.8 Å². The first-order valence-corrected chi connectivity index (χ1v) is 12.2. The van der Waals surface area contributed by atoms with Gasteiger partial charge in [-0.3, -0.25) is 0 Å². The second kappa shape index (κ2) is 20.8. The van der Waals surface area contributed by atoms with Crippen molar-refractivity contribution in [3.63, 3.8) is 0 Å². The van der Waals surface area contributed by atoms with Gasteiger partial charge in [0.1, 0.15) is 11.5 Å². The van der Waals surface area contributed by atoms with Crippen LogP contribution in [0.2, 0.25) is 0 Å². The molecule has 0 amide bonds. The number of aryl methyl sites for hydroxylation is 2. The van der Waals surface area contributed by atoms with Gasteiger partial charge in [-0.2, -0.15) is 0 Å². The monoisotopic (exact) mass is 620 g/mol. The van der Waals surface area contributed by atoms with E-state index in [9.17, 15) is 0 Å². The van der Waals surface area contributed by atoms with Crippen LogP contribution in [-0.4, -0.2) is 37.5 Å². The summed E-state index contributed by atoms with van der Waals surface area (Å²) < 4.78 is 0. The molecular formula is C28H44O2Pb. The average Bonchev–Trinajstić information content (AvgIpc) is 2.76. The van der Waals surface area contributed by atoms with E-state index in [-0.39, 0.29) is 27.3 Å². The Labute approximate surface area is 211 Å². The maximum atomic E-state index is 9.13. The molecule has 3 heteroatoms. The Kier molecular flexibility index (Phi) is 20.1. The minimum absolute atomic E-state index is 0. The summed E-state index contributed by atoms with van der Waals surface area (Å²) in [7, 11) is 0. The third-order valence-corrected chi connectivity index (χ3v) is 5.51. The maximum Gasteiger partial charge on any atom is 0.115 e. The summed E-state index contributed by atoms with van der Waals surface area (Å²) in [5.74, 6) is 0.725. The Hall–Kier alpha value is -1.04. The van der Waals surface area contributed by atoms with Crippen molar-refractivity contribution in [2.45, 2.75) is 104 Å². The van der Waals surface area contributed by atoms with Gasteiger partial charge in [-0.25, -0.2) is 0 Å². The van der Waals surface area contributed by atoms with Crippen molar-refractivity contribution < 1.29 is 10.2 Å². The molecule has 0 saturated carbocycles. The van der Waals surface area contributed by atoms with Gasteiger partial charge in [-0.1, -0.05) is 102 Å². The molecule has 0 unspecified atom stereocenters. The first-order valence-electron chi connectivity index (χ1n) is 12.2. The zero-order valence-corrected chi connectivity index (χ0v) is 23.8. The number of aromatic hydroxyl groups is 2. The van der Waals surface area contributed by atoms with Crippen LogP contribution in [0.4, 0.5) is 0 Å². The fourth-order valence-corrected chi connectivity index (χ4v) is 3.54. The van der Waals surface area contributed by atoms with E-state index in [2.05, 4.69) is 13.8 Å². The molecule has 2 nitrogen and oxygen atoms in total. The van der Waals surface area contributed by atoms with Crippen molar-refractivity contribution in [3.8, 4) is 11.5 Å². The third-order valence-electron chi connectivity index (χ3n) is 5.51. The van der Waals surface area contributed by atoms with Gasteiger partial charge in [0, 0.05) is 27.3 Å². The number of phenols is 2. The molecule has 2 rings (SSSR count). The zero-order valence-electron chi connectivity index (χ0n) is 19.9. The van der Waals surface area contributed by atoms with Crippen molar-refractivity contribution in [1.29, 1.82) is 0 Å². The standard InChI is InChI=1S/2C14H22O.Pb/c2*1-2-3-4-5-6-7-8-13-9-11-14(15)12-10-13;/h2*9-12,15H,2-8H2,1H3;. The molecule has 0 spiro atoms. The minimum atomic E-state index is 0. The summed E-state index contributed by atoms with van der Waals surface area (Å²) in [6, 6.07) is 15.1. The molecule has 0 aromatic heterocycles. The van der Waals surface area contributed by atoms with E-state index in [1.54, 1.807) is 24.3 Å². The zero-order chi connectivity index (χ0) is 21.9. The number of hydrogen-bond donors (Lipinski definition) is 2. The van der Waals surface area contributed by atoms with E-state index in [0.29, 0.717) is 11.5 Å². The fourth-order valence-electron chi connectivity index (χ4n) is 3.54. The maximum absolute atomic E-state index is 9.13. The molecule has 31 heavy (non-hydrogen) atoms. The van der Waals surface area contributed by atoms with E-state index < -0.39 is 0 Å². The summed E-state index contributed by atoms with van der Waals surface area (Å²) in [5, 5.41) is 18.3. The van der Waals surface area contributed by atoms with Crippen LogP contribution in [-0.2, 0) is 12.8 Å². The number of phenolic OH excluding ortho intramolecular Hbond substituents is 2. The molecule has 172 valence electrons. The second-order valence-electron chi connectivity index (χ2n) is 8.37. The topological polar surface area (TPSA) is 40.5 Å². The van der Waals surface area contributed by atoms with Gasteiger partial charge in [0.05, 0.1) is 0 Å². The van der Waals surface area contributed by atoms with Crippen molar-refractivity contribution in [2.24, 2.45) is 0 Å². The van der Waals surface area contributed by atoms with Gasteiger partial charge in [-0.15, -0.1) is 0 Å². The second-order valence-corrected chi connectivity index (χ2v) is 8.37. The summed E-state index contributed by atoms with van der Waals surface area (Å²) in [6.07, 6.45) is 18.4. The van der Waals surface area contributed by atoms with Gasteiger partial charge in [-0.05, 0) is 61.1 Å². The molecule has 0 aliphatic rings. The van der Waals surface area contributed by atoms with Crippen LogP contribution in [0.1, 0.15) is 102 Å². The largest absolute Gasteiger partial charge is 0.508 e. The summed E-state index contributed by atoms with van der Waals surface area (Å²) in [6.45, 7) is 4.49. The van der Waals surface area contributed by atoms with Crippen LogP contribution in [0, 0.1) is 0 Å². The molecule has 0 atom stereocenters. The fraction of sp³-hybridized carbons (Fsp3) is 0.571. The molecular weight excluding hydrogens is 576 g/mol. The van der Waals surface area contributed by atoms with E-state index in [4.69, 9.17) is 10.2 Å². The smallest absolute Gasteiger partial charge is 0.115 e. The van der Waals surface area contributed by atoms with Gasteiger partial charge in [0.15, 0.2) is 0 Å². The molecule has 0 bridgehead atoms. The van der Waals surface area contributed by atoms with Crippen LogP contribution in [0.15, 0.2) is 48.5 Å².